The first-order valence-corrected chi connectivity index (χ1v) is 16.7. The van der Waals surface area contributed by atoms with Gasteiger partial charge in [0.1, 0.15) is 0 Å². The summed E-state index contributed by atoms with van der Waals surface area (Å²) in [6.45, 7) is 0. The summed E-state index contributed by atoms with van der Waals surface area (Å²) in [6.07, 6.45) is 1.86. The number of nitrogens with zero attached hydrogens (tertiary/aromatic N) is 4. The fourth-order valence-corrected chi connectivity index (χ4v) is 6.72. The molecule has 0 aliphatic carbocycles. The predicted octanol–water partition coefficient (Wildman–Crippen LogP) is 11.6. The van der Waals surface area contributed by atoms with Gasteiger partial charge in [0.25, 0.3) is 0 Å². The fourth-order valence-electron chi connectivity index (χ4n) is 6.72. The number of benzene rings is 7. The van der Waals surface area contributed by atoms with E-state index in [0.717, 1.165) is 44.3 Å². The van der Waals surface area contributed by atoms with Gasteiger partial charge in [-0.2, -0.15) is 0 Å². The van der Waals surface area contributed by atoms with Gasteiger partial charge in [-0.15, -0.1) is 0 Å². The largest absolute Gasteiger partial charge is 0.256 e. The summed E-state index contributed by atoms with van der Waals surface area (Å²) in [5, 5.41) is 3.56. The molecule has 0 N–H and O–H groups in total. The first kappa shape index (κ1) is 29.4. The average molecular weight is 639 g/mol. The molecule has 9 aromatic rings. The van der Waals surface area contributed by atoms with Gasteiger partial charge >= 0.3 is 0 Å². The van der Waals surface area contributed by atoms with Gasteiger partial charge < -0.3 is 0 Å². The number of aromatic nitrogens is 4. The highest BCUT2D eigenvalue weighted by Crippen LogP contribution is 2.37. The second-order valence-electron chi connectivity index (χ2n) is 12.3. The van der Waals surface area contributed by atoms with Crippen LogP contribution in [-0.2, 0) is 0 Å². The molecule has 0 atom stereocenters. The molecule has 7 aromatic carbocycles. The van der Waals surface area contributed by atoms with Crippen LogP contribution in [0.3, 0.4) is 0 Å². The van der Waals surface area contributed by atoms with Gasteiger partial charge in [-0.05, 0) is 44.7 Å². The van der Waals surface area contributed by atoms with E-state index in [4.69, 9.17) is 15.0 Å². The van der Waals surface area contributed by atoms with Crippen molar-refractivity contribution in [1.29, 1.82) is 0 Å². The summed E-state index contributed by atoms with van der Waals surface area (Å²) in [5.74, 6) is 1.95. The van der Waals surface area contributed by atoms with E-state index in [-0.39, 0.29) is 0 Å². The molecule has 0 saturated carbocycles. The molecule has 234 valence electrons. The Labute approximate surface area is 290 Å². The SMILES string of the molecule is c1ccc(-c2nc(-c3ccccc3)nc(-c3ccc(-c4cccc5c(-c6ccc(-c7cccc8cccnc78)cc6)cccc45)cc3)n2)cc1. The predicted molar refractivity (Wildman–Crippen MR) is 205 cm³/mol. The highest BCUT2D eigenvalue weighted by molar-refractivity contribution is 6.04. The molecule has 2 heterocycles. The van der Waals surface area contributed by atoms with E-state index in [0.29, 0.717) is 17.5 Å². The highest BCUT2D eigenvalue weighted by atomic mass is 15.0. The van der Waals surface area contributed by atoms with Gasteiger partial charge in [0, 0.05) is 33.8 Å². The third-order valence-corrected chi connectivity index (χ3v) is 9.22. The Bertz CT molecular complexity index is 2550. The first-order chi connectivity index (χ1) is 24.8. The normalized spacial score (nSPS) is 11.2. The zero-order valence-electron chi connectivity index (χ0n) is 27.1. The summed E-state index contributed by atoms with van der Waals surface area (Å²) < 4.78 is 0. The number of rotatable bonds is 6. The molecule has 0 amide bonds. The van der Waals surface area contributed by atoms with Crippen LogP contribution in [0, 0.1) is 0 Å². The van der Waals surface area contributed by atoms with Crippen molar-refractivity contribution in [3.8, 4) is 67.5 Å². The van der Waals surface area contributed by atoms with Crippen LogP contribution < -0.4 is 0 Å². The van der Waals surface area contributed by atoms with Crippen LogP contribution >= 0.6 is 0 Å². The lowest BCUT2D eigenvalue weighted by atomic mass is 9.92. The van der Waals surface area contributed by atoms with Gasteiger partial charge in [-0.3, -0.25) is 4.98 Å². The first-order valence-electron chi connectivity index (χ1n) is 16.7. The monoisotopic (exact) mass is 638 g/mol. The van der Waals surface area contributed by atoms with Crippen molar-refractivity contribution in [1.82, 2.24) is 19.9 Å². The number of hydrogen-bond acceptors (Lipinski definition) is 4. The van der Waals surface area contributed by atoms with Gasteiger partial charge in [-0.25, -0.2) is 15.0 Å². The smallest absolute Gasteiger partial charge is 0.164 e. The lowest BCUT2D eigenvalue weighted by molar-refractivity contribution is 1.07. The van der Waals surface area contributed by atoms with Crippen molar-refractivity contribution < 1.29 is 0 Å². The molecule has 0 radical (unpaired) electrons. The maximum atomic E-state index is 4.91. The van der Waals surface area contributed by atoms with E-state index in [9.17, 15) is 0 Å². The van der Waals surface area contributed by atoms with Crippen molar-refractivity contribution in [3.05, 3.63) is 182 Å². The molecule has 0 bridgehead atoms. The van der Waals surface area contributed by atoms with E-state index in [1.165, 1.54) is 27.5 Å². The minimum Gasteiger partial charge on any atom is -0.256 e. The zero-order chi connectivity index (χ0) is 33.3. The Hall–Kier alpha value is -6.78. The number of pyridine rings is 1. The van der Waals surface area contributed by atoms with Crippen molar-refractivity contribution in [2.75, 3.05) is 0 Å². The maximum Gasteiger partial charge on any atom is 0.164 e. The van der Waals surface area contributed by atoms with Crippen molar-refractivity contribution in [3.63, 3.8) is 0 Å². The molecule has 0 aliphatic heterocycles. The van der Waals surface area contributed by atoms with Crippen LogP contribution in [0.25, 0.3) is 89.2 Å². The van der Waals surface area contributed by atoms with E-state index in [1.807, 2.05) is 72.9 Å². The molecule has 0 saturated heterocycles. The summed E-state index contributed by atoms with van der Waals surface area (Å²) >= 11 is 0. The molecule has 4 heteroatoms. The van der Waals surface area contributed by atoms with Crippen LogP contribution in [-0.4, -0.2) is 19.9 Å². The third-order valence-electron chi connectivity index (χ3n) is 9.22. The van der Waals surface area contributed by atoms with E-state index in [1.54, 1.807) is 0 Å². The molecular formula is C46H30N4. The Balaban J connectivity index is 1.07. The molecular weight excluding hydrogens is 609 g/mol. The van der Waals surface area contributed by atoms with Crippen molar-refractivity contribution in [2.24, 2.45) is 0 Å². The molecule has 2 aromatic heterocycles. The van der Waals surface area contributed by atoms with Crippen molar-refractivity contribution >= 4 is 21.7 Å². The summed E-state index contributed by atoms with van der Waals surface area (Å²) in [7, 11) is 0. The molecule has 4 nitrogen and oxygen atoms in total. The summed E-state index contributed by atoms with van der Waals surface area (Å²) in [5.41, 5.74) is 10.9. The minimum absolute atomic E-state index is 0.646. The van der Waals surface area contributed by atoms with Crippen LogP contribution in [0.4, 0.5) is 0 Å². The van der Waals surface area contributed by atoms with Gasteiger partial charge in [0.05, 0.1) is 5.52 Å². The average Bonchev–Trinajstić information content (AvgIpc) is 3.21. The minimum atomic E-state index is 0.646. The molecule has 9 rings (SSSR count). The Morgan fingerprint density at radius 1 is 0.280 bits per heavy atom. The van der Waals surface area contributed by atoms with Gasteiger partial charge in [-0.1, -0.05) is 170 Å². The zero-order valence-corrected chi connectivity index (χ0v) is 27.1. The Morgan fingerprint density at radius 3 is 1.20 bits per heavy atom. The Morgan fingerprint density at radius 2 is 0.680 bits per heavy atom. The quantitative estimate of drug-likeness (QED) is 0.182. The summed E-state index contributed by atoms with van der Waals surface area (Å²) in [4.78, 5) is 19.3. The second-order valence-corrected chi connectivity index (χ2v) is 12.3. The number of para-hydroxylation sites is 1. The van der Waals surface area contributed by atoms with E-state index >= 15 is 0 Å². The van der Waals surface area contributed by atoms with Crippen LogP contribution in [0.2, 0.25) is 0 Å². The lowest BCUT2D eigenvalue weighted by Crippen LogP contribution is -2.00. The molecule has 0 fully saturated rings. The topological polar surface area (TPSA) is 51.6 Å². The van der Waals surface area contributed by atoms with E-state index < -0.39 is 0 Å². The fraction of sp³-hybridized carbons (Fsp3) is 0. The molecule has 0 spiro atoms. The van der Waals surface area contributed by atoms with Crippen molar-refractivity contribution in [2.45, 2.75) is 0 Å². The Kier molecular flexibility index (Phi) is 7.45. The second kappa shape index (κ2) is 12.7. The van der Waals surface area contributed by atoms with Gasteiger partial charge in [0.2, 0.25) is 0 Å². The van der Waals surface area contributed by atoms with E-state index in [2.05, 4.69) is 114 Å². The maximum absolute atomic E-state index is 4.91. The summed E-state index contributed by atoms with van der Waals surface area (Å²) in [6, 6.07) is 61.1. The lowest BCUT2D eigenvalue weighted by Gasteiger charge is -2.13. The third kappa shape index (κ3) is 5.49. The molecule has 0 aliphatic rings. The molecule has 0 unspecified atom stereocenters. The van der Waals surface area contributed by atoms with Crippen LogP contribution in [0.5, 0.6) is 0 Å². The molecule has 50 heavy (non-hydrogen) atoms. The van der Waals surface area contributed by atoms with Crippen LogP contribution in [0.15, 0.2) is 182 Å². The van der Waals surface area contributed by atoms with Gasteiger partial charge in [0.15, 0.2) is 17.5 Å². The number of fused-ring (bicyclic) bond motifs is 2. The van der Waals surface area contributed by atoms with Crippen LogP contribution in [0.1, 0.15) is 0 Å². The highest BCUT2D eigenvalue weighted by Gasteiger charge is 2.14. The number of hydrogen-bond donors (Lipinski definition) is 0. The standard InChI is InChI=1S/C46H30N4/c1-3-11-35(12-4-1)44-48-45(36-13-5-2-6-14-36)50-46(49-44)37-28-26-32(27-29-37)39-18-9-20-41-38(17-8-21-42(39)41)31-22-24-33(25-23-31)40-19-7-15-34-16-10-30-47-43(34)40/h1-30H.